The molecule has 1 heterocycles. The number of methoxy groups -OCH3 is 2. The second kappa shape index (κ2) is 6.97. The summed E-state index contributed by atoms with van der Waals surface area (Å²) in [6, 6.07) is 7.47. The van der Waals surface area contributed by atoms with Crippen LogP contribution in [0.25, 0.3) is 0 Å². The van der Waals surface area contributed by atoms with Gasteiger partial charge in [-0.15, -0.1) is 0 Å². The summed E-state index contributed by atoms with van der Waals surface area (Å²) < 4.78 is 9.77. The monoisotopic (exact) mass is 292 g/mol. The Kier molecular flexibility index (Phi) is 5.03. The van der Waals surface area contributed by atoms with Crippen LogP contribution >= 0.6 is 0 Å². The van der Waals surface area contributed by atoms with E-state index >= 15 is 0 Å². The first kappa shape index (κ1) is 15.2. The molecule has 0 atom stereocenters. The second-order valence-electron chi connectivity index (χ2n) is 4.86. The third kappa shape index (κ3) is 3.87. The largest absolute Gasteiger partial charge is 0.497 e. The van der Waals surface area contributed by atoms with Crippen molar-refractivity contribution in [2.45, 2.75) is 6.42 Å². The number of carbonyl (C=O) groups excluding carboxylic acids is 2. The van der Waals surface area contributed by atoms with E-state index in [1.165, 1.54) is 7.11 Å². The molecule has 1 aromatic rings. The van der Waals surface area contributed by atoms with Crippen LogP contribution in [-0.4, -0.2) is 62.2 Å². The van der Waals surface area contributed by atoms with Crippen LogP contribution in [0.1, 0.15) is 5.56 Å². The van der Waals surface area contributed by atoms with E-state index in [9.17, 15) is 9.59 Å². The van der Waals surface area contributed by atoms with Crippen molar-refractivity contribution in [1.29, 1.82) is 0 Å². The molecule has 1 aromatic carbocycles. The smallest absolute Gasteiger partial charge is 0.409 e. The molecule has 0 saturated carbocycles. The van der Waals surface area contributed by atoms with E-state index in [0.29, 0.717) is 32.6 Å². The molecule has 6 nitrogen and oxygen atoms in total. The van der Waals surface area contributed by atoms with Gasteiger partial charge in [0.2, 0.25) is 5.91 Å². The fourth-order valence-corrected chi connectivity index (χ4v) is 2.30. The maximum Gasteiger partial charge on any atom is 0.409 e. The number of nitrogens with zero attached hydrogens (tertiary/aromatic N) is 2. The maximum absolute atomic E-state index is 12.2. The first-order chi connectivity index (χ1) is 10.1. The zero-order valence-electron chi connectivity index (χ0n) is 12.4. The van der Waals surface area contributed by atoms with Crippen LogP contribution in [0.5, 0.6) is 5.75 Å². The summed E-state index contributed by atoms with van der Waals surface area (Å²) in [6.45, 7) is 2.12. The minimum atomic E-state index is -0.336. The topological polar surface area (TPSA) is 59.1 Å². The zero-order valence-corrected chi connectivity index (χ0v) is 12.4. The van der Waals surface area contributed by atoms with E-state index in [-0.39, 0.29) is 12.0 Å². The third-order valence-electron chi connectivity index (χ3n) is 3.58. The van der Waals surface area contributed by atoms with Crippen LogP contribution in [0.2, 0.25) is 0 Å². The van der Waals surface area contributed by atoms with Crippen molar-refractivity contribution >= 4 is 12.0 Å². The van der Waals surface area contributed by atoms with Gasteiger partial charge < -0.3 is 19.3 Å². The van der Waals surface area contributed by atoms with Gasteiger partial charge in [0.05, 0.1) is 20.6 Å². The number of ether oxygens (including phenoxy) is 2. The van der Waals surface area contributed by atoms with Crippen LogP contribution in [0.15, 0.2) is 24.3 Å². The lowest BCUT2D eigenvalue weighted by atomic mass is 10.1. The van der Waals surface area contributed by atoms with Gasteiger partial charge in [0.15, 0.2) is 0 Å². The summed E-state index contributed by atoms with van der Waals surface area (Å²) in [7, 11) is 2.98. The summed E-state index contributed by atoms with van der Waals surface area (Å²) in [5.74, 6) is 0.850. The van der Waals surface area contributed by atoms with Crippen LogP contribution in [-0.2, 0) is 16.0 Å². The van der Waals surface area contributed by atoms with Gasteiger partial charge in [-0.3, -0.25) is 4.79 Å². The summed E-state index contributed by atoms with van der Waals surface area (Å²) in [5.41, 5.74) is 0.955. The Morgan fingerprint density at radius 1 is 1.00 bits per heavy atom. The van der Waals surface area contributed by atoms with Gasteiger partial charge in [-0.1, -0.05) is 12.1 Å². The van der Waals surface area contributed by atoms with Gasteiger partial charge in [-0.05, 0) is 17.7 Å². The molecular formula is C15H20N2O4. The Balaban J connectivity index is 1.85. The predicted molar refractivity (Wildman–Crippen MR) is 77.3 cm³/mol. The maximum atomic E-state index is 12.2. The molecule has 0 spiro atoms. The van der Waals surface area contributed by atoms with Crippen LogP contribution < -0.4 is 4.74 Å². The Labute approximate surface area is 124 Å². The number of hydrogen-bond acceptors (Lipinski definition) is 4. The standard InChI is InChI=1S/C15H20N2O4/c1-20-13-5-3-12(4-6-13)11-14(18)16-7-9-17(10-8-16)15(19)21-2/h3-6H,7-11H2,1-2H3. The molecule has 0 aromatic heterocycles. The van der Waals surface area contributed by atoms with E-state index in [1.807, 2.05) is 24.3 Å². The highest BCUT2D eigenvalue weighted by atomic mass is 16.5. The summed E-state index contributed by atoms with van der Waals surface area (Å²) in [4.78, 5) is 27.0. The molecule has 114 valence electrons. The van der Waals surface area contributed by atoms with E-state index in [2.05, 4.69) is 4.74 Å². The molecule has 1 aliphatic heterocycles. The summed E-state index contributed by atoms with van der Waals surface area (Å²) in [6.07, 6.45) is 0.0274. The van der Waals surface area contributed by atoms with Gasteiger partial charge >= 0.3 is 6.09 Å². The normalized spacial score (nSPS) is 14.8. The molecule has 1 aliphatic rings. The third-order valence-corrected chi connectivity index (χ3v) is 3.58. The molecule has 1 saturated heterocycles. The predicted octanol–water partition coefficient (Wildman–Crippen LogP) is 1.15. The molecule has 2 amide bonds. The van der Waals surface area contributed by atoms with Crippen molar-refractivity contribution in [3.8, 4) is 5.75 Å². The van der Waals surface area contributed by atoms with Gasteiger partial charge in [-0.25, -0.2) is 4.79 Å². The second-order valence-corrected chi connectivity index (χ2v) is 4.86. The number of hydrogen-bond donors (Lipinski definition) is 0. The van der Waals surface area contributed by atoms with Crippen LogP contribution in [0, 0.1) is 0 Å². The molecule has 1 fully saturated rings. The van der Waals surface area contributed by atoms with E-state index < -0.39 is 0 Å². The van der Waals surface area contributed by atoms with Gasteiger partial charge in [0, 0.05) is 26.2 Å². The lowest BCUT2D eigenvalue weighted by molar-refractivity contribution is -0.132. The minimum absolute atomic E-state index is 0.0738. The lowest BCUT2D eigenvalue weighted by Crippen LogP contribution is -2.50. The molecular weight excluding hydrogens is 272 g/mol. The van der Waals surface area contributed by atoms with Crippen molar-refractivity contribution in [2.24, 2.45) is 0 Å². The van der Waals surface area contributed by atoms with Crippen molar-refractivity contribution in [1.82, 2.24) is 9.80 Å². The lowest BCUT2D eigenvalue weighted by Gasteiger charge is -2.33. The average molecular weight is 292 g/mol. The molecule has 0 aliphatic carbocycles. The highest BCUT2D eigenvalue weighted by molar-refractivity contribution is 5.79. The number of piperazine rings is 1. The first-order valence-corrected chi connectivity index (χ1v) is 6.87. The fraction of sp³-hybridized carbons (Fsp3) is 0.467. The Morgan fingerprint density at radius 3 is 2.10 bits per heavy atom. The fourth-order valence-electron chi connectivity index (χ4n) is 2.30. The van der Waals surface area contributed by atoms with Crippen molar-refractivity contribution in [2.75, 3.05) is 40.4 Å². The highest BCUT2D eigenvalue weighted by Gasteiger charge is 2.24. The summed E-state index contributed by atoms with van der Waals surface area (Å²) in [5, 5.41) is 0. The number of carbonyl (C=O) groups is 2. The van der Waals surface area contributed by atoms with Gasteiger partial charge in [0.25, 0.3) is 0 Å². The number of amides is 2. The van der Waals surface area contributed by atoms with E-state index in [0.717, 1.165) is 11.3 Å². The van der Waals surface area contributed by atoms with Crippen LogP contribution in [0.3, 0.4) is 0 Å². The number of rotatable bonds is 3. The quantitative estimate of drug-likeness (QED) is 0.838. The average Bonchev–Trinajstić information content (AvgIpc) is 2.55. The highest BCUT2D eigenvalue weighted by Crippen LogP contribution is 2.13. The molecule has 2 rings (SSSR count). The summed E-state index contributed by atoms with van der Waals surface area (Å²) >= 11 is 0. The Bertz CT molecular complexity index is 493. The Morgan fingerprint density at radius 2 is 1.57 bits per heavy atom. The van der Waals surface area contributed by atoms with Crippen molar-refractivity contribution in [3.63, 3.8) is 0 Å². The SMILES string of the molecule is COC(=O)N1CCN(C(=O)Cc2ccc(OC)cc2)CC1. The van der Waals surface area contributed by atoms with Gasteiger partial charge in [-0.2, -0.15) is 0 Å². The van der Waals surface area contributed by atoms with Gasteiger partial charge in [0.1, 0.15) is 5.75 Å². The zero-order chi connectivity index (χ0) is 15.2. The molecule has 0 N–H and O–H groups in total. The van der Waals surface area contributed by atoms with Crippen molar-refractivity contribution < 1.29 is 19.1 Å². The Hall–Kier alpha value is -2.24. The molecule has 0 unspecified atom stereocenters. The molecule has 21 heavy (non-hydrogen) atoms. The first-order valence-electron chi connectivity index (χ1n) is 6.87. The van der Waals surface area contributed by atoms with E-state index in [1.54, 1.807) is 16.9 Å². The number of benzene rings is 1. The van der Waals surface area contributed by atoms with Crippen LogP contribution in [0.4, 0.5) is 4.79 Å². The van der Waals surface area contributed by atoms with E-state index in [4.69, 9.17) is 4.74 Å². The molecule has 0 bridgehead atoms. The molecule has 0 radical (unpaired) electrons. The minimum Gasteiger partial charge on any atom is -0.497 e. The van der Waals surface area contributed by atoms with Crippen molar-refractivity contribution in [3.05, 3.63) is 29.8 Å². The molecule has 6 heteroatoms.